The second-order valence-electron chi connectivity index (χ2n) is 8.11. The summed E-state index contributed by atoms with van der Waals surface area (Å²) in [6, 6.07) is 6.54. The van der Waals surface area contributed by atoms with Crippen molar-refractivity contribution in [2.75, 3.05) is 20.8 Å². The molecule has 0 radical (unpaired) electrons. The van der Waals surface area contributed by atoms with Gasteiger partial charge in [-0.15, -0.1) is 0 Å². The second-order valence-corrected chi connectivity index (χ2v) is 8.11. The van der Waals surface area contributed by atoms with Crippen LogP contribution in [0.3, 0.4) is 0 Å². The monoisotopic (exact) mass is 410 g/mol. The molecule has 7 heteroatoms. The smallest absolute Gasteiger partial charge is 0.206 e. The maximum absolute atomic E-state index is 13.6. The number of hydrogen-bond acceptors (Lipinski definition) is 7. The molecule has 2 aromatic carbocycles. The molecule has 3 aliphatic heterocycles. The topological polar surface area (TPSA) is 83.5 Å². The molecular weight excluding hydrogens is 388 g/mol. The average Bonchev–Trinajstić information content (AvgIpc) is 2.73. The van der Waals surface area contributed by atoms with Gasteiger partial charge in [-0.25, -0.2) is 0 Å². The van der Waals surface area contributed by atoms with E-state index < -0.39 is 23.1 Å². The van der Waals surface area contributed by atoms with Gasteiger partial charge >= 0.3 is 0 Å². The van der Waals surface area contributed by atoms with E-state index in [9.17, 15) is 9.90 Å². The third-order valence-electron chi connectivity index (χ3n) is 5.78. The van der Waals surface area contributed by atoms with E-state index in [0.29, 0.717) is 39.9 Å². The zero-order chi connectivity index (χ0) is 21.3. The number of Topliss-reactive ketones (excluding diaryl/α,β-unsaturated/α-hetero) is 1. The molecule has 0 bridgehead atoms. The zero-order valence-corrected chi connectivity index (χ0v) is 17.1. The molecule has 0 aromatic heterocycles. The quantitative estimate of drug-likeness (QED) is 0.814. The van der Waals surface area contributed by atoms with Gasteiger partial charge in [0, 0.05) is 11.6 Å². The molecule has 0 spiro atoms. The number of aliphatic hydroxyl groups is 1. The van der Waals surface area contributed by atoms with Gasteiger partial charge in [-0.2, -0.15) is 0 Å². The number of ketones is 1. The Kier molecular flexibility index (Phi) is 3.86. The van der Waals surface area contributed by atoms with Gasteiger partial charge in [-0.05, 0) is 44.2 Å². The van der Waals surface area contributed by atoms with Crippen LogP contribution in [-0.2, 0) is 5.60 Å². The van der Waals surface area contributed by atoms with Gasteiger partial charge in [0.2, 0.25) is 5.78 Å². The fourth-order valence-electron chi connectivity index (χ4n) is 4.21. The molecule has 156 valence electrons. The molecule has 0 fully saturated rings. The van der Waals surface area contributed by atoms with Crippen molar-refractivity contribution in [3.8, 4) is 28.7 Å². The van der Waals surface area contributed by atoms with Crippen molar-refractivity contribution in [2.24, 2.45) is 0 Å². The summed E-state index contributed by atoms with van der Waals surface area (Å²) in [5, 5.41) is 11.6. The first kappa shape index (κ1) is 18.8. The Labute approximate surface area is 173 Å². The number of fused-ring (bicyclic) bond motifs is 6. The van der Waals surface area contributed by atoms with Gasteiger partial charge in [0.05, 0.1) is 25.3 Å². The predicted octanol–water partition coefficient (Wildman–Crippen LogP) is 3.11. The van der Waals surface area contributed by atoms with E-state index in [-0.39, 0.29) is 12.2 Å². The normalized spacial score (nSPS) is 24.8. The first-order valence-electron chi connectivity index (χ1n) is 9.67. The zero-order valence-electron chi connectivity index (χ0n) is 17.1. The molecule has 0 saturated heterocycles. The Hall–Kier alpha value is -3.19. The lowest BCUT2D eigenvalue weighted by molar-refractivity contribution is -0.0802. The molecule has 3 heterocycles. The van der Waals surface area contributed by atoms with Crippen LogP contribution in [0.4, 0.5) is 0 Å². The summed E-state index contributed by atoms with van der Waals surface area (Å²) in [6.07, 6.45) is 2.88. The van der Waals surface area contributed by atoms with Crippen molar-refractivity contribution < 1.29 is 33.6 Å². The van der Waals surface area contributed by atoms with Crippen molar-refractivity contribution in [3.05, 3.63) is 47.0 Å². The molecule has 7 nitrogen and oxygen atoms in total. The van der Waals surface area contributed by atoms with Crippen molar-refractivity contribution in [2.45, 2.75) is 31.2 Å². The van der Waals surface area contributed by atoms with Crippen LogP contribution in [0.25, 0.3) is 6.08 Å². The molecule has 30 heavy (non-hydrogen) atoms. The maximum atomic E-state index is 13.6. The number of ether oxygens (including phenoxy) is 5. The van der Waals surface area contributed by atoms with Crippen molar-refractivity contribution in [3.63, 3.8) is 0 Å². The van der Waals surface area contributed by atoms with Crippen molar-refractivity contribution in [1.82, 2.24) is 0 Å². The van der Waals surface area contributed by atoms with Gasteiger partial charge in [0.1, 0.15) is 29.5 Å². The van der Waals surface area contributed by atoms with Gasteiger partial charge < -0.3 is 28.8 Å². The molecule has 2 atom stereocenters. The van der Waals surface area contributed by atoms with Gasteiger partial charge in [-0.1, -0.05) is 0 Å². The molecule has 0 unspecified atom stereocenters. The van der Waals surface area contributed by atoms with E-state index in [4.69, 9.17) is 23.7 Å². The minimum atomic E-state index is -1.91. The van der Waals surface area contributed by atoms with Crippen LogP contribution < -0.4 is 23.7 Å². The SMILES string of the molecule is COc1cc2c(cc1OC)[C@@]1(O)C(=O)c3ccc4c(c3O[C@@H]1CO2)C=CC(C)(C)O4. The van der Waals surface area contributed by atoms with E-state index >= 15 is 0 Å². The summed E-state index contributed by atoms with van der Waals surface area (Å²) >= 11 is 0. The number of carbonyl (C=O) groups excluding carboxylic acids is 1. The van der Waals surface area contributed by atoms with Crippen LogP contribution >= 0.6 is 0 Å². The first-order chi connectivity index (χ1) is 14.3. The Morgan fingerprint density at radius 2 is 1.83 bits per heavy atom. The van der Waals surface area contributed by atoms with Gasteiger partial charge in [-0.3, -0.25) is 4.79 Å². The van der Waals surface area contributed by atoms with Crippen LogP contribution in [0.15, 0.2) is 30.3 Å². The number of rotatable bonds is 2. The van der Waals surface area contributed by atoms with Gasteiger partial charge in [0.15, 0.2) is 23.2 Å². The molecule has 1 N–H and O–H groups in total. The average molecular weight is 410 g/mol. The first-order valence-corrected chi connectivity index (χ1v) is 9.67. The summed E-state index contributed by atoms with van der Waals surface area (Å²) in [5.74, 6) is 1.76. The van der Waals surface area contributed by atoms with Crippen LogP contribution in [-0.4, -0.2) is 43.4 Å². The fraction of sp³-hybridized carbons (Fsp3) is 0.348. The van der Waals surface area contributed by atoms with Crippen LogP contribution in [0.1, 0.15) is 35.3 Å². The number of carbonyl (C=O) groups is 1. The van der Waals surface area contributed by atoms with Crippen LogP contribution in [0, 0.1) is 0 Å². The summed E-state index contributed by atoms with van der Waals surface area (Å²) in [6.45, 7) is 3.90. The number of methoxy groups -OCH3 is 2. The van der Waals surface area contributed by atoms with E-state index in [0.717, 1.165) is 0 Å². The summed E-state index contributed by atoms with van der Waals surface area (Å²) in [7, 11) is 3.00. The van der Waals surface area contributed by atoms with E-state index in [1.165, 1.54) is 14.2 Å². The van der Waals surface area contributed by atoms with E-state index in [1.54, 1.807) is 24.3 Å². The lowest BCUT2D eigenvalue weighted by atomic mass is 9.77. The summed E-state index contributed by atoms with van der Waals surface area (Å²) in [5.41, 5.74) is -1.10. The molecule has 0 saturated carbocycles. The Morgan fingerprint density at radius 3 is 2.57 bits per heavy atom. The van der Waals surface area contributed by atoms with Crippen LogP contribution in [0.2, 0.25) is 0 Å². The van der Waals surface area contributed by atoms with Gasteiger partial charge in [0.25, 0.3) is 0 Å². The molecular formula is C23H22O7. The van der Waals surface area contributed by atoms with Crippen molar-refractivity contribution in [1.29, 1.82) is 0 Å². The predicted molar refractivity (Wildman–Crippen MR) is 108 cm³/mol. The third-order valence-corrected chi connectivity index (χ3v) is 5.78. The lowest BCUT2D eigenvalue weighted by Crippen LogP contribution is -2.57. The minimum Gasteiger partial charge on any atom is -0.493 e. The highest BCUT2D eigenvalue weighted by atomic mass is 16.6. The lowest BCUT2D eigenvalue weighted by Gasteiger charge is -2.44. The standard InChI is InChI=1S/C23H22O7/c1-22(2)8-7-12-15(30-22)6-5-13-20(12)29-19-11-28-16-10-18(27-4)17(26-3)9-14(16)23(19,25)21(13)24/h5-10,19,25H,11H2,1-4H3/t19-,23+/m1/s1. The largest absolute Gasteiger partial charge is 0.493 e. The molecule has 0 aliphatic carbocycles. The molecule has 5 rings (SSSR count). The van der Waals surface area contributed by atoms with Crippen molar-refractivity contribution >= 4 is 11.9 Å². The summed E-state index contributed by atoms with van der Waals surface area (Å²) < 4.78 is 28.6. The maximum Gasteiger partial charge on any atom is 0.206 e. The third kappa shape index (κ3) is 2.45. The highest BCUT2D eigenvalue weighted by Gasteiger charge is 2.56. The molecule has 3 aliphatic rings. The Balaban J connectivity index is 1.66. The number of benzene rings is 2. The second kappa shape index (κ2) is 6.15. The number of hydrogen-bond donors (Lipinski definition) is 1. The highest BCUT2D eigenvalue weighted by Crippen LogP contribution is 2.51. The Morgan fingerprint density at radius 1 is 1.10 bits per heavy atom. The fourth-order valence-corrected chi connectivity index (χ4v) is 4.21. The minimum absolute atomic E-state index is 0.00386. The van der Waals surface area contributed by atoms with E-state index in [2.05, 4.69) is 0 Å². The van der Waals surface area contributed by atoms with E-state index in [1.807, 2.05) is 26.0 Å². The highest BCUT2D eigenvalue weighted by molar-refractivity contribution is 6.08. The van der Waals surface area contributed by atoms with Crippen LogP contribution in [0.5, 0.6) is 28.7 Å². The Bertz CT molecular complexity index is 1100. The molecule has 2 aromatic rings. The molecule has 0 amide bonds. The summed E-state index contributed by atoms with van der Waals surface area (Å²) in [4.78, 5) is 13.6.